The number of rotatable bonds is 5. The number of amides is 1. The highest BCUT2D eigenvalue weighted by atomic mass is 35.5. The molecule has 8 heteroatoms. The van der Waals surface area contributed by atoms with E-state index in [2.05, 4.69) is 5.32 Å². The molecule has 1 saturated heterocycles. The molecular weight excluding hydrogens is 400 g/mol. The summed E-state index contributed by atoms with van der Waals surface area (Å²) in [6.07, 6.45) is 2.35. The molecule has 1 aliphatic rings. The van der Waals surface area contributed by atoms with E-state index in [0.717, 1.165) is 6.26 Å². The highest BCUT2D eigenvalue weighted by Gasteiger charge is 2.30. The van der Waals surface area contributed by atoms with E-state index in [4.69, 9.17) is 11.6 Å². The molecule has 0 saturated carbocycles. The fourth-order valence-corrected chi connectivity index (χ4v) is 4.33. The van der Waals surface area contributed by atoms with Crippen LogP contribution in [0.15, 0.2) is 48.5 Å². The van der Waals surface area contributed by atoms with Crippen LogP contribution in [0.2, 0.25) is 5.02 Å². The third-order valence-electron chi connectivity index (χ3n) is 4.74. The number of halogens is 1. The van der Waals surface area contributed by atoms with E-state index in [-0.39, 0.29) is 18.2 Å². The Hall–Kier alpha value is -2.22. The van der Waals surface area contributed by atoms with Gasteiger partial charge >= 0.3 is 0 Å². The van der Waals surface area contributed by atoms with Crippen LogP contribution in [-0.4, -0.2) is 43.8 Å². The zero-order chi connectivity index (χ0) is 20.3. The largest absolute Gasteiger partial charge is 0.325 e. The number of hydrogen-bond donors (Lipinski definition) is 1. The van der Waals surface area contributed by atoms with Gasteiger partial charge < -0.3 is 5.32 Å². The van der Waals surface area contributed by atoms with Gasteiger partial charge in [0, 0.05) is 29.2 Å². The number of carbonyl (C=O) groups excluding carboxylic acids is 2. The third kappa shape index (κ3) is 4.79. The van der Waals surface area contributed by atoms with Gasteiger partial charge in [0.1, 0.15) is 0 Å². The van der Waals surface area contributed by atoms with Crippen molar-refractivity contribution in [1.82, 2.24) is 4.31 Å². The summed E-state index contributed by atoms with van der Waals surface area (Å²) in [5.74, 6) is -1.03. The first-order chi connectivity index (χ1) is 13.3. The lowest BCUT2D eigenvalue weighted by atomic mass is 9.97. The normalized spacial score (nSPS) is 17.9. The lowest BCUT2D eigenvalue weighted by molar-refractivity contribution is -0.120. The minimum absolute atomic E-state index is 0.139. The first kappa shape index (κ1) is 20.5. The molecule has 1 unspecified atom stereocenters. The van der Waals surface area contributed by atoms with Gasteiger partial charge in [0.05, 0.1) is 17.9 Å². The minimum Gasteiger partial charge on any atom is -0.325 e. The second-order valence-corrected chi connectivity index (χ2v) is 9.25. The molecule has 148 valence electrons. The Labute approximate surface area is 169 Å². The van der Waals surface area contributed by atoms with Gasteiger partial charge in [-0.25, -0.2) is 12.7 Å². The lowest BCUT2D eigenvalue weighted by Crippen LogP contribution is -2.43. The maximum absolute atomic E-state index is 12.9. The summed E-state index contributed by atoms with van der Waals surface area (Å²) >= 11 is 6.06. The van der Waals surface area contributed by atoms with Crippen LogP contribution >= 0.6 is 11.6 Å². The number of hydrogen-bond acceptors (Lipinski definition) is 4. The number of nitrogens with zero attached hydrogens (tertiary/aromatic N) is 1. The average molecular weight is 421 g/mol. The van der Waals surface area contributed by atoms with Crippen molar-refractivity contribution in [1.29, 1.82) is 0 Å². The summed E-state index contributed by atoms with van der Waals surface area (Å²) in [7, 11) is -3.35. The second kappa shape index (κ2) is 8.43. The molecule has 0 aromatic heterocycles. The van der Waals surface area contributed by atoms with E-state index in [1.807, 2.05) is 6.07 Å². The number of anilines is 1. The van der Waals surface area contributed by atoms with Crippen molar-refractivity contribution in [2.75, 3.05) is 24.7 Å². The molecule has 28 heavy (non-hydrogen) atoms. The molecule has 0 aliphatic carbocycles. The number of benzene rings is 2. The molecule has 6 nitrogen and oxygen atoms in total. The van der Waals surface area contributed by atoms with Crippen LogP contribution in [-0.2, 0) is 14.8 Å². The molecule has 2 aromatic rings. The van der Waals surface area contributed by atoms with Gasteiger partial charge in [-0.1, -0.05) is 41.9 Å². The van der Waals surface area contributed by atoms with E-state index in [0.29, 0.717) is 41.2 Å². The van der Waals surface area contributed by atoms with Gasteiger partial charge in [-0.3, -0.25) is 9.59 Å². The topological polar surface area (TPSA) is 83.6 Å². The van der Waals surface area contributed by atoms with E-state index in [9.17, 15) is 18.0 Å². The Bertz CT molecular complexity index is 993. The zero-order valence-corrected chi connectivity index (χ0v) is 17.0. The van der Waals surface area contributed by atoms with Crippen molar-refractivity contribution < 1.29 is 18.0 Å². The maximum atomic E-state index is 12.9. The predicted octanol–water partition coefficient (Wildman–Crippen LogP) is 3.18. The maximum Gasteiger partial charge on any atom is 0.228 e. The molecule has 1 atom stereocenters. The summed E-state index contributed by atoms with van der Waals surface area (Å²) in [6.45, 7) is 0.557. The molecule has 1 heterocycles. The van der Waals surface area contributed by atoms with Gasteiger partial charge in [-0.05, 0) is 31.0 Å². The van der Waals surface area contributed by atoms with E-state index in [1.54, 1.807) is 36.4 Å². The fraction of sp³-hybridized carbons (Fsp3) is 0.300. The molecule has 0 bridgehead atoms. The second-order valence-electron chi connectivity index (χ2n) is 6.83. The van der Waals surface area contributed by atoms with E-state index >= 15 is 0 Å². The van der Waals surface area contributed by atoms with Crippen molar-refractivity contribution in [3.8, 4) is 0 Å². The van der Waals surface area contributed by atoms with Crippen molar-refractivity contribution in [2.24, 2.45) is 5.92 Å². The smallest absolute Gasteiger partial charge is 0.228 e. The highest BCUT2D eigenvalue weighted by molar-refractivity contribution is 7.88. The summed E-state index contributed by atoms with van der Waals surface area (Å²) in [5, 5.41) is 3.18. The molecule has 2 aromatic carbocycles. The quantitative estimate of drug-likeness (QED) is 0.753. The summed E-state index contributed by atoms with van der Waals surface area (Å²) in [4.78, 5) is 25.6. The number of nitrogens with one attached hydrogen (secondary N) is 1. The Balaban J connectivity index is 1.82. The molecule has 1 fully saturated rings. The Kier molecular flexibility index (Phi) is 6.17. The lowest BCUT2D eigenvalue weighted by Gasteiger charge is -2.30. The molecule has 1 aliphatic heterocycles. The van der Waals surface area contributed by atoms with E-state index in [1.165, 1.54) is 10.4 Å². The van der Waals surface area contributed by atoms with Gasteiger partial charge in [0.2, 0.25) is 15.9 Å². The van der Waals surface area contributed by atoms with Gasteiger partial charge in [-0.15, -0.1) is 0 Å². The molecular formula is C20H21ClN2O4S. The summed E-state index contributed by atoms with van der Waals surface area (Å²) in [5.41, 5.74) is 1.14. The van der Waals surface area contributed by atoms with Crippen LogP contribution in [0.1, 0.15) is 28.8 Å². The van der Waals surface area contributed by atoms with Crippen LogP contribution in [0.25, 0.3) is 0 Å². The molecule has 3 rings (SSSR count). The number of ketones is 1. The standard InChI is InChI=1S/C20H21ClN2O4S/c1-28(26,27)23-11-5-8-15(13-23)20(25)22-18-10-9-16(21)12-17(18)19(24)14-6-3-2-4-7-14/h2-4,6-7,9-10,12,15H,5,8,11,13H2,1H3,(H,22,25). The minimum atomic E-state index is -3.35. The Morgan fingerprint density at radius 2 is 1.86 bits per heavy atom. The molecule has 1 N–H and O–H groups in total. The molecule has 1 amide bonds. The van der Waals surface area contributed by atoms with Gasteiger partial charge in [-0.2, -0.15) is 0 Å². The summed E-state index contributed by atoms with van der Waals surface area (Å²) in [6, 6.07) is 13.4. The SMILES string of the molecule is CS(=O)(=O)N1CCCC(C(=O)Nc2ccc(Cl)cc2C(=O)c2ccccc2)C1. The third-order valence-corrected chi connectivity index (χ3v) is 6.25. The monoisotopic (exact) mass is 420 g/mol. The predicted molar refractivity (Wildman–Crippen MR) is 109 cm³/mol. The van der Waals surface area contributed by atoms with Crippen molar-refractivity contribution >= 4 is 39.0 Å². The van der Waals surface area contributed by atoms with Crippen LogP contribution in [0.5, 0.6) is 0 Å². The van der Waals surface area contributed by atoms with Crippen LogP contribution in [0, 0.1) is 5.92 Å². The van der Waals surface area contributed by atoms with Crippen molar-refractivity contribution in [3.63, 3.8) is 0 Å². The fourth-order valence-electron chi connectivity index (χ4n) is 3.25. The van der Waals surface area contributed by atoms with Crippen molar-refractivity contribution in [3.05, 3.63) is 64.7 Å². The highest BCUT2D eigenvalue weighted by Crippen LogP contribution is 2.26. The number of sulfonamides is 1. The zero-order valence-electron chi connectivity index (χ0n) is 15.4. The van der Waals surface area contributed by atoms with Crippen molar-refractivity contribution in [2.45, 2.75) is 12.8 Å². The van der Waals surface area contributed by atoms with Gasteiger partial charge in [0.25, 0.3) is 0 Å². The number of carbonyl (C=O) groups is 2. The average Bonchev–Trinajstić information content (AvgIpc) is 2.69. The van der Waals surface area contributed by atoms with Crippen LogP contribution < -0.4 is 5.32 Å². The van der Waals surface area contributed by atoms with Crippen LogP contribution in [0.3, 0.4) is 0 Å². The van der Waals surface area contributed by atoms with E-state index < -0.39 is 15.9 Å². The Morgan fingerprint density at radius 3 is 2.54 bits per heavy atom. The molecule has 0 radical (unpaired) electrons. The van der Waals surface area contributed by atoms with Gasteiger partial charge in [0.15, 0.2) is 5.78 Å². The first-order valence-electron chi connectivity index (χ1n) is 8.91. The molecule has 0 spiro atoms. The van der Waals surface area contributed by atoms with Crippen LogP contribution in [0.4, 0.5) is 5.69 Å². The number of piperidine rings is 1. The first-order valence-corrected chi connectivity index (χ1v) is 11.1. The Morgan fingerprint density at radius 1 is 1.14 bits per heavy atom. The summed E-state index contributed by atoms with van der Waals surface area (Å²) < 4.78 is 24.9.